The number of benzene rings is 2. The Morgan fingerprint density at radius 3 is 2.40 bits per heavy atom. The summed E-state index contributed by atoms with van der Waals surface area (Å²) >= 11 is 11.9. The van der Waals surface area contributed by atoms with E-state index in [0.717, 1.165) is 4.31 Å². The SMILES string of the molecule is CN(C)S(=O)(=O)c1ccccc1CNC(=O)Cc1ccc(Cl)cc1Cl. The van der Waals surface area contributed by atoms with E-state index in [1.807, 2.05) is 0 Å². The van der Waals surface area contributed by atoms with Crippen molar-refractivity contribution in [3.8, 4) is 0 Å². The van der Waals surface area contributed by atoms with Crippen LogP contribution in [0.2, 0.25) is 10.0 Å². The number of carbonyl (C=O) groups excluding carboxylic acids is 1. The van der Waals surface area contributed by atoms with Gasteiger partial charge in [0.15, 0.2) is 0 Å². The molecule has 0 atom stereocenters. The molecule has 0 bridgehead atoms. The van der Waals surface area contributed by atoms with Gasteiger partial charge in [-0.15, -0.1) is 0 Å². The van der Waals surface area contributed by atoms with Crippen molar-refractivity contribution >= 4 is 39.1 Å². The third kappa shape index (κ3) is 4.95. The van der Waals surface area contributed by atoms with Gasteiger partial charge in [0.2, 0.25) is 15.9 Å². The van der Waals surface area contributed by atoms with E-state index < -0.39 is 10.0 Å². The van der Waals surface area contributed by atoms with Crippen LogP contribution in [0, 0.1) is 0 Å². The number of amides is 1. The number of hydrogen-bond acceptors (Lipinski definition) is 3. The summed E-state index contributed by atoms with van der Waals surface area (Å²) in [4.78, 5) is 12.3. The number of halogens is 2. The largest absolute Gasteiger partial charge is 0.352 e. The van der Waals surface area contributed by atoms with E-state index >= 15 is 0 Å². The molecule has 8 heteroatoms. The second kappa shape index (κ2) is 8.19. The topological polar surface area (TPSA) is 66.5 Å². The minimum atomic E-state index is -3.58. The first-order valence-electron chi connectivity index (χ1n) is 7.43. The Labute approximate surface area is 157 Å². The second-order valence-corrected chi connectivity index (χ2v) is 8.55. The molecule has 25 heavy (non-hydrogen) atoms. The molecule has 0 saturated heterocycles. The minimum absolute atomic E-state index is 0.0819. The molecule has 2 rings (SSSR count). The van der Waals surface area contributed by atoms with Gasteiger partial charge in [-0.05, 0) is 29.3 Å². The highest BCUT2D eigenvalue weighted by atomic mass is 35.5. The lowest BCUT2D eigenvalue weighted by atomic mass is 10.1. The lowest BCUT2D eigenvalue weighted by molar-refractivity contribution is -0.120. The first kappa shape index (κ1) is 19.7. The van der Waals surface area contributed by atoms with Gasteiger partial charge in [0.1, 0.15) is 0 Å². The van der Waals surface area contributed by atoms with Crippen LogP contribution in [0.15, 0.2) is 47.4 Å². The molecule has 1 N–H and O–H groups in total. The van der Waals surface area contributed by atoms with Gasteiger partial charge in [0.25, 0.3) is 0 Å². The summed E-state index contributed by atoms with van der Waals surface area (Å²) in [6.45, 7) is 0.104. The molecule has 134 valence electrons. The minimum Gasteiger partial charge on any atom is -0.352 e. The van der Waals surface area contributed by atoms with Crippen molar-refractivity contribution in [2.24, 2.45) is 0 Å². The summed E-state index contributed by atoms with van der Waals surface area (Å²) < 4.78 is 25.8. The van der Waals surface area contributed by atoms with Crippen LogP contribution in [0.4, 0.5) is 0 Å². The number of hydrogen-bond donors (Lipinski definition) is 1. The Morgan fingerprint density at radius 2 is 1.76 bits per heavy atom. The normalized spacial score (nSPS) is 11.6. The molecule has 5 nitrogen and oxygen atoms in total. The van der Waals surface area contributed by atoms with Gasteiger partial charge in [0, 0.05) is 30.7 Å². The summed E-state index contributed by atoms with van der Waals surface area (Å²) in [5.74, 6) is -0.263. The monoisotopic (exact) mass is 400 g/mol. The average Bonchev–Trinajstić information content (AvgIpc) is 2.55. The molecule has 2 aromatic carbocycles. The van der Waals surface area contributed by atoms with E-state index in [0.29, 0.717) is 21.2 Å². The number of carbonyl (C=O) groups is 1. The summed E-state index contributed by atoms with van der Waals surface area (Å²) in [5, 5.41) is 3.64. The summed E-state index contributed by atoms with van der Waals surface area (Å²) in [7, 11) is -0.649. The smallest absolute Gasteiger partial charge is 0.242 e. The molecule has 0 aromatic heterocycles. The van der Waals surface area contributed by atoms with E-state index in [-0.39, 0.29) is 23.8 Å². The number of nitrogens with zero attached hydrogens (tertiary/aromatic N) is 1. The van der Waals surface area contributed by atoms with Crippen molar-refractivity contribution in [3.63, 3.8) is 0 Å². The fourth-order valence-electron chi connectivity index (χ4n) is 2.19. The van der Waals surface area contributed by atoms with Gasteiger partial charge in [-0.2, -0.15) is 0 Å². The van der Waals surface area contributed by atoms with Crippen LogP contribution < -0.4 is 5.32 Å². The van der Waals surface area contributed by atoms with E-state index in [4.69, 9.17) is 23.2 Å². The zero-order valence-electron chi connectivity index (χ0n) is 13.8. The average molecular weight is 401 g/mol. The van der Waals surface area contributed by atoms with Crippen LogP contribution in [-0.2, 0) is 27.8 Å². The molecule has 0 radical (unpaired) electrons. The van der Waals surface area contributed by atoms with Crippen molar-refractivity contribution in [2.45, 2.75) is 17.9 Å². The van der Waals surface area contributed by atoms with E-state index in [9.17, 15) is 13.2 Å². The quantitative estimate of drug-likeness (QED) is 0.809. The molecule has 0 aliphatic heterocycles. The number of sulfonamides is 1. The predicted octanol–water partition coefficient (Wildman–Crippen LogP) is 3.10. The lowest BCUT2D eigenvalue weighted by Gasteiger charge is -2.15. The Kier molecular flexibility index (Phi) is 6.46. The highest BCUT2D eigenvalue weighted by Gasteiger charge is 2.20. The third-order valence-corrected chi connectivity index (χ3v) is 6.08. The molecular formula is C17H18Cl2N2O3S. The molecule has 0 saturated carbocycles. The Bertz CT molecular complexity index is 883. The van der Waals surface area contributed by atoms with Crippen molar-refractivity contribution in [3.05, 3.63) is 63.6 Å². The highest BCUT2D eigenvalue weighted by Crippen LogP contribution is 2.22. The molecule has 0 unspecified atom stereocenters. The van der Waals surface area contributed by atoms with Crippen molar-refractivity contribution in [2.75, 3.05) is 14.1 Å². The van der Waals surface area contributed by atoms with Gasteiger partial charge < -0.3 is 5.32 Å². The Morgan fingerprint density at radius 1 is 1.08 bits per heavy atom. The van der Waals surface area contributed by atoms with Crippen molar-refractivity contribution in [1.29, 1.82) is 0 Å². The summed E-state index contributed by atoms with van der Waals surface area (Å²) in [6.07, 6.45) is 0.0819. The van der Waals surface area contributed by atoms with Crippen LogP contribution in [0.5, 0.6) is 0 Å². The Hall–Kier alpha value is -1.60. The maximum absolute atomic E-state index is 12.3. The van der Waals surface area contributed by atoms with Crippen LogP contribution >= 0.6 is 23.2 Å². The van der Waals surface area contributed by atoms with Gasteiger partial charge in [-0.1, -0.05) is 47.5 Å². The Balaban J connectivity index is 2.10. The van der Waals surface area contributed by atoms with E-state index in [1.165, 1.54) is 20.2 Å². The standard InChI is InChI=1S/C17H18Cl2N2O3S/c1-21(2)25(23,24)16-6-4-3-5-13(16)11-20-17(22)9-12-7-8-14(18)10-15(12)19/h3-8,10H,9,11H2,1-2H3,(H,20,22). The zero-order valence-corrected chi connectivity index (χ0v) is 16.1. The van der Waals surface area contributed by atoms with Gasteiger partial charge in [-0.3, -0.25) is 4.79 Å². The molecule has 0 aliphatic rings. The molecule has 0 heterocycles. The van der Waals surface area contributed by atoms with Crippen LogP contribution in [0.3, 0.4) is 0 Å². The van der Waals surface area contributed by atoms with Crippen molar-refractivity contribution < 1.29 is 13.2 Å². The van der Waals surface area contributed by atoms with E-state index in [1.54, 1.807) is 36.4 Å². The fourth-order valence-corrected chi connectivity index (χ4v) is 3.78. The fraction of sp³-hybridized carbons (Fsp3) is 0.235. The maximum atomic E-state index is 12.3. The zero-order chi connectivity index (χ0) is 18.6. The molecule has 1 amide bonds. The second-order valence-electron chi connectivity index (χ2n) is 5.58. The third-order valence-electron chi connectivity index (χ3n) is 3.57. The van der Waals surface area contributed by atoms with Gasteiger partial charge in [-0.25, -0.2) is 12.7 Å². The van der Waals surface area contributed by atoms with Crippen LogP contribution in [-0.4, -0.2) is 32.7 Å². The summed E-state index contributed by atoms with van der Waals surface area (Å²) in [6, 6.07) is 11.5. The van der Waals surface area contributed by atoms with Gasteiger partial charge >= 0.3 is 0 Å². The predicted molar refractivity (Wildman–Crippen MR) is 99.3 cm³/mol. The van der Waals surface area contributed by atoms with E-state index in [2.05, 4.69) is 5.32 Å². The maximum Gasteiger partial charge on any atom is 0.242 e. The van der Waals surface area contributed by atoms with Crippen molar-refractivity contribution in [1.82, 2.24) is 9.62 Å². The van der Waals surface area contributed by atoms with Crippen LogP contribution in [0.1, 0.15) is 11.1 Å². The lowest BCUT2D eigenvalue weighted by Crippen LogP contribution is -2.28. The molecule has 2 aromatic rings. The molecule has 0 aliphatic carbocycles. The first-order chi connectivity index (χ1) is 11.7. The van der Waals surface area contributed by atoms with Crippen LogP contribution in [0.25, 0.3) is 0 Å². The molecule has 0 spiro atoms. The summed E-state index contributed by atoms with van der Waals surface area (Å²) in [5.41, 5.74) is 1.17. The van der Waals surface area contributed by atoms with Gasteiger partial charge in [0.05, 0.1) is 11.3 Å². The highest BCUT2D eigenvalue weighted by molar-refractivity contribution is 7.89. The molecular weight excluding hydrogens is 383 g/mol. The number of nitrogens with one attached hydrogen (secondary N) is 1. The first-order valence-corrected chi connectivity index (χ1v) is 9.62. The molecule has 0 fully saturated rings. The number of rotatable bonds is 6.